The molecule has 0 atom stereocenters. The lowest BCUT2D eigenvalue weighted by atomic mass is 10.4. The summed E-state index contributed by atoms with van der Waals surface area (Å²) >= 11 is 3.32. The number of aryl methyl sites for hydroxylation is 1. The summed E-state index contributed by atoms with van der Waals surface area (Å²) in [5, 5.41) is 4.18. The first-order valence-corrected chi connectivity index (χ1v) is 4.63. The highest BCUT2D eigenvalue weighted by Crippen LogP contribution is 2.15. The van der Waals surface area contributed by atoms with Crippen molar-refractivity contribution in [3.8, 4) is 0 Å². The molecule has 1 aromatic heterocycles. The molecule has 0 aliphatic carbocycles. The van der Waals surface area contributed by atoms with E-state index >= 15 is 0 Å². The highest BCUT2D eigenvalue weighted by atomic mass is 79.9. The first kappa shape index (κ1) is 9.98. The minimum Gasteiger partial charge on any atom is -0.366 e. The molecule has 70 valence electrons. The number of halogens is 1. The SMILES string of the molecule is CCn1cc(Br)c(/C=C/C(N)=O)n1. The van der Waals surface area contributed by atoms with Gasteiger partial charge in [-0.25, -0.2) is 0 Å². The van der Waals surface area contributed by atoms with Crippen LogP contribution in [0.25, 0.3) is 6.08 Å². The Morgan fingerprint density at radius 1 is 1.85 bits per heavy atom. The Balaban J connectivity index is 2.88. The summed E-state index contributed by atoms with van der Waals surface area (Å²) in [6.45, 7) is 2.78. The van der Waals surface area contributed by atoms with Crippen molar-refractivity contribution < 1.29 is 4.79 Å². The maximum atomic E-state index is 10.4. The predicted octanol–water partition coefficient (Wildman–Crippen LogP) is 1.16. The fourth-order valence-electron chi connectivity index (χ4n) is 0.848. The van der Waals surface area contributed by atoms with Gasteiger partial charge in [0.15, 0.2) is 0 Å². The van der Waals surface area contributed by atoms with Crippen molar-refractivity contribution in [1.29, 1.82) is 0 Å². The van der Waals surface area contributed by atoms with Gasteiger partial charge in [0.2, 0.25) is 5.91 Å². The van der Waals surface area contributed by atoms with Crippen molar-refractivity contribution in [3.63, 3.8) is 0 Å². The van der Waals surface area contributed by atoms with E-state index in [9.17, 15) is 4.79 Å². The lowest BCUT2D eigenvalue weighted by Crippen LogP contribution is -2.05. The number of carbonyl (C=O) groups excluding carboxylic acids is 1. The maximum Gasteiger partial charge on any atom is 0.241 e. The van der Waals surface area contributed by atoms with Gasteiger partial charge >= 0.3 is 0 Å². The molecule has 0 radical (unpaired) electrons. The molecule has 5 heteroatoms. The Morgan fingerprint density at radius 3 is 3.00 bits per heavy atom. The third kappa shape index (κ3) is 2.69. The number of carbonyl (C=O) groups is 1. The number of primary amides is 1. The van der Waals surface area contributed by atoms with Gasteiger partial charge in [0.1, 0.15) is 0 Å². The molecule has 0 saturated carbocycles. The molecule has 0 fully saturated rings. The van der Waals surface area contributed by atoms with Gasteiger partial charge in [0.05, 0.1) is 10.2 Å². The van der Waals surface area contributed by atoms with Crippen molar-refractivity contribution >= 4 is 27.9 Å². The minimum absolute atomic E-state index is 0.474. The minimum atomic E-state index is -0.474. The molecule has 0 saturated heterocycles. The standard InChI is InChI=1S/C8H10BrN3O/c1-2-12-5-6(9)7(11-12)3-4-8(10)13/h3-5H,2H2,1H3,(H2,10,13)/b4-3+. The van der Waals surface area contributed by atoms with E-state index in [4.69, 9.17) is 5.73 Å². The van der Waals surface area contributed by atoms with Crippen LogP contribution in [0.1, 0.15) is 12.6 Å². The Hall–Kier alpha value is -1.10. The molecule has 4 nitrogen and oxygen atoms in total. The van der Waals surface area contributed by atoms with Crippen molar-refractivity contribution in [2.75, 3.05) is 0 Å². The summed E-state index contributed by atoms with van der Waals surface area (Å²) in [5.74, 6) is -0.474. The second kappa shape index (κ2) is 4.23. The quantitative estimate of drug-likeness (QED) is 0.811. The number of hydrogen-bond donors (Lipinski definition) is 1. The monoisotopic (exact) mass is 243 g/mol. The number of hydrogen-bond acceptors (Lipinski definition) is 2. The molecular weight excluding hydrogens is 234 g/mol. The largest absolute Gasteiger partial charge is 0.366 e. The Bertz CT molecular complexity index is 343. The summed E-state index contributed by atoms with van der Waals surface area (Å²) in [6.07, 6.45) is 4.71. The molecule has 0 spiro atoms. The van der Waals surface area contributed by atoms with Gasteiger partial charge in [-0.15, -0.1) is 0 Å². The van der Waals surface area contributed by atoms with Crippen LogP contribution in [0.5, 0.6) is 0 Å². The molecule has 1 amide bonds. The molecule has 0 bridgehead atoms. The summed E-state index contributed by atoms with van der Waals surface area (Å²) < 4.78 is 2.62. The lowest BCUT2D eigenvalue weighted by molar-refractivity contribution is -0.113. The predicted molar refractivity (Wildman–Crippen MR) is 53.8 cm³/mol. The molecule has 0 aromatic carbocycles. The van der Waals surface area contributed by atoms with Gasteiger partial charge in [0.25, 0.3) is 0 Å². The van der Waals surface area contributed by atoms with Crippen LogP contribution >= 0.6 is 15.9 Å². The molecule has 1 aromatic rings. The first-order chi connectivity index (χ1) is 6.13. The van der Waals surface area contributed by atoms with Crippen LogP contribution < -0.4 is 5.73 Å². The highest BCUT2D eigenvalue weighted by Gasteiger charge is 2.01. The number of aromatic nitrogens is 2. The maximum absolute atomic E-state index is 10.4. The third-order valence-electron chi connectivity index (χ3n) is 1.47. The van der Waals surface area contributed by atoms with Crippen molar-refractivity contribution in [1.82, 2.24) is 9.78 Å². The number of amides is 1. The van der Waals surface area contributed by atoms with Crippen LogP contribution in [-0.2, 0) is 11.3 Å². The zero-order valence-corrected chi connectivity index (χ0v) is 8.78. The summed E-state index contributed by atoms with van der Waals surface area (Å²) in [5.41, 5.74) is 5.66. The summed E-state index contributed by atoms with van der Waals surface area (Å²) in [6, 6.07) is 0. The number of nitrogens with two attached hydrogens (primary N) is 1. The van der Waals surface area contributed by atoms with E-state index in [1.807, 2.05) is 13.1 Å². The van der Waals surface area contributed by atoms with Crippen LogP contribution in [-0.4, -0.2) is 15.7 Å². The van der Waals surface area contributed by atoms with E-state index in [0.717, 1.165) is 11.0 Å². The van der Waals surface area contributed by atoms with Crippen molar-refractivity contribution in [2.24, 2.45) is 5.73 Å². The van der Waals surface area contributed by atoms with Gasteiger partial charge in [0, 0.05) is 18.8 Å². The second-order valence-corrected chi connectivity index (χ2v) is 3.31. The molecule has 0 unspecified atom stereocenters. The molecular formula is C8H10BrN3O. The van der Waals surface area contributed by atoms with Gasteiger partial charge < -0.3 is 5.73 Å². The van der Waals surface area contributed by atoms with Crippen LogP contribution in [0.4, 0.5) is 0 Å². The third-order valence-corrected chi connectivity index (χ3v) is 2.08. The Labute approximate surface area is 84.5 Å². The van der Waals surface area contributed by atoms with Gasteiger partial charge in [-0.05, 0) is 28.9 Å². The average molecular weight is 244 g/mol. The topological polar surface area (TPSA) is 60.9 Å². The Kier molecular flexibility index (Phi) is 3.25. The second-order valence-electron chi connectivity index (χ2n) is 2.45. The van der Waals surface area contributed by atoms with Gasteiger partial charge in [-0.1, -0.05) is 0 Å². The number of nitrogens with zero attached hydrogens (tertiary/aromatic N) is 2. The van der Waals surface area contributed by atoms with E-state index in [-0.39, 0.29) is 0 Å². The summed E-state index contributed by atoms with van der Waals surface area (Å²) in [4.78, 5) is 10.4. The van der Waals surface area contributed by atoms with Crippen molar-refractivity contribution in [2.45, 2.75) is 13.5 Å². The van der Waals surface area contributed by atoms with E-state index in [1.165, 1.54) is 6.08 Å². The van der Waals surface area contributed by atoms with Gasteiger partial charge in [-0.2, -0.15) is 5.10 Å². The lowest BCUT2D eigenvalue weighted by Gasteiger charge is -1.89. The molecule has 1 heterocycles. The van der Waals surface area contributed by atoms with Crippen LogP contribution in [0, 0.1) is 0 Å². The van der Waals surface area contributed by atoms with E-state index in [1.54, 1.807) is 10.8 Å². The Morgan fingerprint density at radius 2 is 2.54 bits per heavy atom. The molecule has 2 N–H and O–H groups in total. The van der Waals surface area contributed by atoms with Crippen LogP contribution in [0.3, 0.4) is 0 Å². The highest BCUT2D eigenvalue weighted by molar-refractivity contribution is 9.10. The smallest absolute Gasteiger partial charge is 0.241 e. The summed E-state index contributed by atoms with van der Waals surface area (Å²) in [7, 11) is 0. The number of rotatable bonds is 3. The first-order valence-electron chi connectivity index (χ1n) is 3.84. The van der Waals surface area contributed by atoms with E-state index < -0.39 is 5.91 Å². The van der Waals surface area contributed by atoms with E-state index in [2.05, 4.69) is 21.0 Å². The molecule has 0 aliphatic rings. The fraction of sp³-hybridized carbons (Fsp3) is 0.250. The molecule has 0 aliphatic heterocycles. The molecule has 1 rings (SSSR count). The average Bonchev–Trinajstić information content (AvgIpc) is 2.43. The normalized spacial score (nSPS) is 10.9. The van der Waals surface area contributed by atoms with E-state index in [0.29, 0.717) is 5.69 Å². The zero-order valence-electron chi connectivity index (χ0n) is 7.20. The van der Waals surface area contributed by atoms with Crippen LogP contribution in [0.15, 0.2) is 16.7 Å². The van der Waals surface area contributed by atoms with Crippen LogP contribution in [0.2, 0.25) is 0 Å². The van der Waals surface area contributed by atoms with Crippen molar-refractivity contribution in [3.05, 3.63) is 22.4 Å². The van der Waals surface area contributed by atoms with Gasteiger partial charge in [-0.3, -0.25) is 9.48 Å². The molecule has 13 heavy (non-hydrogen) atoms. The fourth-order valence-corrected chi connectivity index (χ4v) is 1.30. The zero-order chi connectivity index (χ0) is 9.84.